The topological polar surface area (TPSA) is 0 Å². The molecule has 3 aliphatic rings. The zero-order valence-electron chi connectivity index (χ0n) is 13.7. The predicted octanol–water partition coefficient (Wildman–Crippen LogP) is 5.44. The van der Waals surface area contributed by atoms with Gasteiger partial charge in [-0.15, -0.1) is 5.92 Å². The van der Waals surface area contributed by atoms with E-state index in [0.29, 0.717) is 16.9 Å². The van der Waals surface area contributed by atoms with Crippen molar-refractivity contribution < 1.29 is 4.39 Å². The van der Waals surface area contributed by atoms with Crippen LogP contribution >= 0.6 is 0 Å². The molecule has 22 heavy (non-hydrogen) atoms. The molecule has 0 saturated heterocycles. The maximum Gasteiger partial charge on any atom is 0.139 e. The molecule has 2 fully saturated rings. The van der Waals surface area contributed by atoms with Gasteiger partial charge >= 0.3 is 0 Å². The summed E-state index contributed by atoms with van der Waals surface area (Å²) in [6.45, 7) is 4.31. The monoisotopic (exact) mass is 296 g/mol. The Kier molecular flexibility index (Phi) is 3.33. The minimum Gasteiger partial charge on any atom is -0.206 e. The smallest absolute Gasteiger partial charge is 0.139 e. The molecule has 4 atom stereocenters. The standard InChI is InChI=1S/C21H25F/c1-3-5-15-12-18-14(13-20(15)22)7-8-17-16(18)9-11-21(2)10-4-6-19(17)21/h12-13,16-17,19H,4,6-11H2,1-2H3/t16?,17?,19?,21-/m0/s1. The lowest BCUT2D eigenvalue weighted by atomic mass is 9.56. The minimum atomic E-state index is -0.131. The first-order valence-electron chi connectivity index (χ1n) is 8.87. The van der Waals surface area contributed by atoms with Gasteiger partial charge < -0.3 is 0 Å². The van der Waals surface area contributed by atoms with Gasteiger partial charge in [0, 0.05) is 0 Å². The van der Waals surface area contributed by atoms with Crippen molar-refractivity contribution in [2.45, 2.75) is 64.7 Å². The van der Waals surface area contributed by atoms with Gasteiger partial charge in [0.15, 0.2) is 0 Å². The van der Waals surface area contributed by atoms with Crippen LogP contribution in [-0.4, -0.2) is 0 Å². The van der Waals surface area contributed by atoms with Crippen LogP contribution in [0.4, 0.5) is 4.39 Å². The zero-order valence-corrected chi connectivity index (χ0v) is 13.7. The van der Waals surface area contributed by atoms with Crippen molar-refractivity contribution in [2.24, 2.45) is 17.3 Å². The summed E-state index contributed by atoms with van der Waals surface area (Å²) < 4.78 is 14.2. The van der Waals surface area contributed by atoms with Crippen molar-refractivity contribution in [3.63, 3.8) is 0 Å². The molecule has 0 heterocycles. The van der Waals surface area contributed by atoms with E-state index in [9.17, 15) is 4.39 Å². The molecule has 0 aliphatic heterocycles. The Morgan fingerprint density at radius 3 is 2.86 bits per heavy atom. The third kappa shape index (κ3) is 2.03. The molecule has 4 rings (SSSR count). The lowest BCUT2D eigenvalue weighted by Gasteiger charge is -2.49. The maximum atomic E-state index is 14.2. The normalized spacial score (nSPS) is 35.9. The molecule has 1 heteroatoms. The molecule has 0 spiro atoms. The summed E-state index contributed by atoms with van der Waals surface area (Å²) in [5, 5.41) is 0. The van der Waals surface area contributed by atoms with Crippen LogP contribution < -0.4 is 0 Å². The van der Waals surface area contributed by atoms with E-state index < -0.39 is 0 Å². The third-order valence-electron chi connectivity index (χ3n) is 6.85. The van der Waals surface area contributed by atoms with Gasteiger partial charge in [-0.3, -0.25) is 0 Å². The first-order valence-corrected chi connectivity index (χ1v) is 8.87. The Labute approximate surface area is 133 Å². The van der Waals surface area contributed by atoms with Crippen LogP contribution in [0.2, 0.25) is 0 Å². The van der Waals surface area contributed by atoms with Crippen LogP contribution in [0.1, 0.15) is 75.0 Å². The molecule has 2 saturated carbocycles. The summed E-state index contributed by atoms with van der Waals surface area (Å²) >= 11 is 0. The summed E-state index contributed by atoms with van der Waals surface area (Å²) in [6.07, 6.45) is 9.20. The van der Waals surface area contributed by atoms with Crippen molar-refractivity contribution in [1.82, 2.24) is 0 Å². The lowest BCUT2D eigenvalue weighted by Crippen LogP contribution is -2.39. The van der Waals surface area contributed by atoms with E-state index in [0.717, 1.165) is 18.3 Å². The van der Waals surface area contributed by atoms with E-state index in [1.807, 2.05) is 0 Å². The number of halogens is 1. The molecule has 0 radical (unpaired) electrons. The first kappa shape index (κ1) is 14.3. The summed E-state index contributed by atoms with van der Waals surface area (Å²) in [7, 11) is 0. The van der Waals surface area contributed by atoms with Crippen LogP contribution in [0, 0.1) is 34.9 Å². The number of hydrogen-bond donors (Lipinski definition) is 0. The van der Waals surface area contributed by atoms with Gasteiger partial charge in [0.25, 0.3) is 0 Å². The Hall–Kier alpha value is -1.29. The molecule has 1 aromatic carbocycles. The molecular formula is C21H25F. The van der Waals surface area contributed by atoms with Crippen LogP contribution in [0.25, 0.3) is 0 Å². The van der Waals surface area contributed by atoms with Crippen LogP contribution in [-0.2, 0) is 6.42 Å². The fraction of sp³-hybridized carbons (Fsp3) is 0.619. The van der Waals surface area contributed by atoms with Crippen molar-refractivity contribution in [3.05, 3.63) is 34.6 Å². The average molecular weight is 296 g/mol. The SMILES string of the molecule is CC#Cc1cc2c(cc1F)CCC1C2CC[C@]2(C)CCCC12. The van der Waals surface area contributed by atoms with Crippen molar-refractivity contribution >= 4 is 0 Å². The molecule has 0 amide bonds. The number of rotatable bonds is 0. The van der Waals surface area contributed by atoms with Crippen molar-refractivity contribution in [3.8, 4) is 11.8 Å². The minimum absolute atomic E-state index is 0.131. The van der Waals surface area contributed by atoms with Crippen LogP contribution in [0.15, 0.2) is 12.1 Å². The lowest BCUT2D eigenvalue weighted by molar-refractivity contribution is 0.0598. The fourth-order valence-electron chi connectivity index (χ4n) is 5.81. The quantitative estimate of drug-likeness (QED) is 0.559. The van der Waals surface area contributed by atoms with Gasteiger partial charge in [-0.25, -0.2) is 4.39 Å². The predicted molar refractivity (Wildman–Crippen MR) is 88.2 cm³/mol. The fourth-order valence-corrected chi connectivity index (χ4v) is 5.81. The molecule has 0 bridgehead atoms. The van der Waals surface area contributed by atoms with Crippen molar-refractivity contribution in [1.29, 1.82) is 0 Å². The highest BCUT2D eigenvalue weighted by atomic mass is 19.1. The molecular weight excluding hydrogens is 271 g/mol. The number of hydrogen-bond acceptors (Lipinski definition) is 0. The first-order chi connectivity index (χ1) is 10.6. The van der Waals surface area contributed by atoms with Crippen molar-refractivity contribution in [2.75, 3.05) is 0 Å². The Balaban J connectivity index is 1.75. The number of aryl methyl sites for hydroxylation is 1. The Morgan fingerprint density at radius 1 is 1.18 bits per heavy atom. The van der Waals surface area contributed by atoms with Gasteiger partial charge in [-0.05, 0) is 91.9 Å². The highest BCUT2D eigenvalue weighted by molar-refractivity contribution is 5.45. The highest BCUT2D eigenvalue weighted by Crippen LogP contribution is 2.60. The van der Waals surface area contributed by atoms with Gasteiger partial charge in [-0.2, -0.15) is 0 Å². The average Bonchev–Trinajstić information content (AvgIpc) is 2.90. The highest BCUT2D eigenvalue weighted by Gasteiger charge is 2.50. The summed E-state index contributed by atoms with van der Waals surface area (Å²) in [5.41, 5.74) is 3.86. The second-order valence-electron chi connectivity index (χ2n) is 7.91. The molecule has 0 aromatic heterocycles. The van der Waals surface area contributed by atoms with E-state index >= 15 is 0 Å². The van der Waals surface area contributed by atoms with Gasteiger partial charge in [-0.1, -0.05) is 19.3 Å². The van der Waals surface area contributed by atoms with Crippen LogP contribution in [0.5, 0.6) is 0 Å². The molecule has 3 unspecified atom stereocenters. The van der Waals surface area contributed by atoms with Crippen LogP contribution in [0.3, 0.4) is 0 Å². The van der Waals surface area contributed by atoms with E-state index in [1.165, 1.54) is 49.7 Å². The number of benzene rings is 1. The summed E-state index contributed by atoms with van der Waals surface area (Å²) in [5.74, 6) is 8.04. The molecule has 116 valence electrons. The van der Waals surface area contributed by atoms with E-state index in [-0.39, 0.29) is 5.82 Å². The molecule has 3 aliphatic carbocycles. The van der Waals surface area contributed by atoms with Gasteiger partial charge in [0.05, 0.1) is 5.56 Å². The molecule has 0 nitrogen and oxygen atoms in total. The Bertz CT molecular complexity index is 662. The molecule has 1 aromatic rings. The molecule has 0 N–H and O–H groups in total. The Morgan fingerprint density at radius 2 is 2.05 bits per heavy atom. The van der Waals surface area contributed by atoms with E-state index in [1.54, 1.807) is 13.0 Å². The van der Waals surface area contributed by atoms with E-state index in [2.05, 4.69) is 24.8 Å². The van der Waals surface area contributed by atoms with E-state index in [4.69, 9.17) is 0 Å². The largest absolute Gasteiger partial charge is 0.206 e. The summed E-state index contributed by atoms with van der Waals surface area (Å²) in [6, 6.07) is 3.85. The summed E-state index contributed by atoms with van der Waals surface area (Å²) in [4.78, 5) is 0. The van der Waals surface area contributed by atoms with Gasteiger partial charge in [0.1, 0.15) is 5.82 Å². The second-order valence-corrected chi connectivity index (χ2v) is 7.91. The zero-order chi connectivity index (χ0) is 15.3. The third-order valence-corrected chi connectivity index (χ3v) is 6.85. The second kappa shape index (κ2) is 5.12. The maximum absolute atomic E-state index is 14.2. The van der Waals surface area contributed by atoms with Gasteiger partial charge in [0.2, 0.25) is 0 Å². The number of fused-ring (bicyclic) bond motifs is 5.